The second-order valence-corrected chi connectivity index (χ2v) is 4.78. The Morgan fingerprint density at radius 1 is 1.00 bits per heavy atom. The Labute approximate surface area is 106 Å². The van der Waals surface area contributed by atoms with E-state index in [9.17, 15) is 22.0 Å². The topological polar surface area (TPSA) is 9.23 Å². The van der Waals surface area contributed by atoms with Gasteiger partial charge in [0.05, 0.1) is 5.57 Å². The van der Waals surface area contributed by atoms with Gasteiger partial charge in [-0.05, 0) is 26.0 Å². The molecule has 0 saturated carbocycles. The number of rotatable bonds is 1. The molecule has 0 atom stereocenters. The van der Waals surface area contributed by atoms with E-state index in [2.05, 4.69) is 0 Å². The third kappa shape index (κ3) is 2.19. The normalized spacial score (nSPS) is 18.4. The van der Waals surface area contributed by atoms with Gasteiger partial charge in [0.25, 0.3) is 0 Å². The molecule has 1 aliphatic heterocycles. The SMILES string of the molecule is CC1(C)Oc2ccccc2C=C1C(F)(F)C(F)(F)F. The second kappa shape index (κ2) is 3.95. The summed E-state index contributed by atoms with van der Waals surface area (Å²) in [6.07, 6.45) is -4.79. The van der Waals surface area contributed by atoms with Crippen LogP contribution in [0.25, 0.3) is 6.08 Å². The van der Waals surface area contributed by atoms with Gasteiger partial charge in [-0.2, -0.15) is 22.0 Å². The van der Waals surface area contributed by atoms with Gasteiger partial charge in [-0.1, -0.05) is 18.2 Å². The van der Waals surface area contributed by atoms with Gasteiger partial charge in [0.2, 0.25) is 0 Å². The van der Waals surface area contributed by atoms with Crippen molar-refractivity contribution in [2.75, 3.05) is 0 Å². The standard InChI is InChI=1S/C13H11F5O/c1-11(2)10(12(14,15)13(16,17)18)7-8-5-3-4-6-9(8)19-11/h3-7H,1-2H3. The largest absolute Gasteiger partial charge is 0.483 e. The number of para-hydroxylation sites is 1. The van der Waals surface area contributed by atoms with Gasteiger partial charge in [0.1, 0.15) is 11.4 Å². The van der Waals surface area contributed by atoms with E-state index < -0.39 is 23.3 Å². The van der Waals surface area contributed by atoms with Crippen molar-refractivity contribution >= 4 is 6.08 Å². The lowest BCUT2D eigenvalue weighted by atomic mass is 9.87. The molecule has 6 heteroatoms. The number of ether oxygens (including phenoxy) is 1. The molecular formula is C13H11F5O. The van der Waals surface area contributed by atoms with E-state index in [0.29, 0.717) is 0 Å². The van der Waals surface area contributed by atoms with Gasteiger partial charge >= 0.3 is 12.1 Å². The molecule has 2 rings (SSSR count). The maximum Gasteiger partial charge on any atom is 0.457 e. The summed E-state index contributed by atoms with van der Waals surface area (Å²) in [5.41, 5.74) is -2.61. The van der Waals surface area contributed by atoms with Crippen LogP contribution in [0.15, 0.2) is 29.8 Å². The van der Waals surface area contributed by atoms with Gasteiger partial charge in [-0.15, -0.1) is 0 Å². The average Bonchev–Trinajstić information content (AvgIpc) is 2.25. The van der Waals surface area contributed by atoms with Crippen molar-refractivity contribution in [3.05, 3.63) is 35.4 Å². The number of hydrogen-bond acceptors (Lipinski definition) is 1. The summed E-state index contributed by atoms with van der Waals surface area (Å²) in [5, 5.41) is 0. The maximum atomic E-state index is 13.5. The summed E-state index contributed by atoms with van der Waals surface area (Å²) in [7, 11) is 0. The van der Waals surface area contributed by atoms with Crippen molar-refractivity contribution in [1.82, 2.24) is 0 Å². The number of halogens is 5. The summed E-state index contributed by atoms with van der Waals surface area (Å²) in [5.74, 6) is -4.64. The maximum absolute atomic E-state index is 13.5. The number of hydrogen-bond donors (Lipinski definition) is 0. The molecule has 0 saturated heterocycles. The molecule has 0 bridgehead atoms. The van der Waals surface area contributed by atoms with Crippen molar-refractivity contribution in [2.45, 2.75) is 31.5 Å². The molecule has 0 unspecified atom stereocenters. The molecule has 0 N–H and O–H groups in total. The lowest BCUT2D eigenvalue weighted by molar-refractivity contribution is -0.269. The minimum absolute atomic E-state index is 0.209. The fourth-order valence-electron chi connectivity index (χ4n) is 1.97. The van der Waals surface area contributed by atoms with E-state index in [1.54, 1.807) is 12.1 Å². The van der Waals surface area contributed by atoms with Crippen LogP contribution >= 0.6 is 0 Å². The summed E-state index contributed by atoms with van der Waals surface area (Å²) >= 11 is 0. The van der Waals surface area contributed by atoms with Crippen molar-refractivity contribution < 1.29 is 26.7 Å². The average molecular weight is 278 g/mol. The molecule has 1 nitrogen and oxygen atoms in total. The molecule has 0 spiro atoms. The zero-order valence-corrected chi connectivity index (χ0v) is 10.2. The zero-order valence-electron chi connectivity index (χ0n) is 10.2. The molecule has 104 valence electrons. The fourth-order valence-corrected chi connectivity index (χ4v) is 1.97. The minimum atomic E-state index is -5.65. The van der Waals surface area contributed by atoms with Crippen LogP contribution in [0.5, 0.6) is 5.75 Å². The van der Waals surface area contributed by atoms with E-state index >= 15 is 0 Å². The Balaban J connectivity index is 2.59. The second-order valence-electron chi connectivity index (χ2n) is 4.78. The van der Waals surface area contributed by atoms with Crippen LogP contribution in [0.3, 0.4) is 0 Å². The zero-order chi connectivity index (χ0) is 14.5. The lowest BCUT2D eigenvalue weighted by Crippen LogP contribution is -2.48. The predicted molar refractivity (Wildman–Crippen MR) is 60.1 cm³/mol. The van der Waals surface area contributed by atoms with Crippen LogP contribution < -0.4 is 4.74 Å². The summed E-state index contributed by atoms with van der Waals surface area (Å²) in [6, 6.07) is 6.11. The molecule has 0 radical (unpaired) electrons. The lowest BCUT2D eigenvalue weighted by Gasteiger charge is -2.37. The highest BCUT2D eigenvalue weighted by Gasteiger charge is 2.63. The molecule has 1 aliphatic rings. The van der Waals surface area contributed by atoms with Crippen molar-refractivity contribution in [1.29, 1.82) is 0 Å². The molecular weight excluding hydrogens is 267 g/mol. The van der Waals surface area contributed by atoms with Gasteiger partial charge in [0, 0.05) is 5.56 Å². The third-order valence-electron chi connectivity index (χ3n) is 2.93. The number of benzene rings is 1. The molecule has 0 fully saturated rings. The number of alkyl halides is 5. The Morgan fingerprint density at radius 3 is 2.16 bits per heavy atom. The molecule has 0 aromatic heterocycles. The van der Waals surface area contributed by atoms with Crippen LogP contribution in [0, 0.1) is 0 Å². The number of fused-ring (bicyclic) bond motifs is 1. The summed E-state index contributed by atoms with van der Waals surface area (Å²) in [6.45, 7) is 2.38. The van der Waals surface area contributed by atoms with Crippen molar-refractivity contribution in [3.8, 4) is 5.75 Å². The molecule has 19 heavy (non-hydrogen) atoms. The molecule has 0 amide bonds. The first-order chi connectivity index (χ1) is 8.56. The highest BCUT2D eigenvalue weighted by molar-refractivity contribution is 5.65. The molecule has 1 aromatic carbocycles. The molecule has 1 heterocycles. The van der Waals surface area contributed by atoms with E-state index in [-0.39, 0.29) is 11.3 Å². The van der Waals surface area contributed by atoms with Crippen molar-refractivity contribution in [2.24, 2.45) is 0 Å². The van der Waals surface area contributed by atoms with Gasteiger partial charge in [-0.3, -0.25) is 0 Å². The quantitative estimate of drug-likeness (QED) is 0.690. The van der Waals surface area contributed by atoms with Gasteiger partial charge in [0.15, 0.2) is 0 Å². The molecule has 0 aliphatic carbocycles. The van der Waals surface area contributed by atoms with Crippen molar-refractivity contribution in [3.63, 3.8) is 0 Å². The highest BCUT2D eigenvalue weighted by Crippen LogP contribution is 2.49. The summed E-state index contributed by atoms with van der Waals surface area (Å²) in [4.78, 5) is 0. The van der Waals surface area contributed by atoms with Gasteiger partial charge < -0.3 is 4.74 Å². The van der Waals surface area contributed by atoms with Crippen LogP contribution in [-0.4, -0.2) is 17.7 Å². The highest BCUT2D eigenvalue weighted by atomic mass is 19.4. The van der Waals surface area contributed by atoms with E-state index in [0.717, 1.165) is 6.08 Å². The Bertz CT molecular complexity index is 528. The van der Waals surface area contributed by atoms with Crippen LogP contribution in [0.4, 0.5) is 22.0 Å². The smallest absolute Gasteiger partial charge is 0.457 e. The van der Waals surface area contributed by atoms with Crippen LogP contribution in [0.2, 0.25) is 0 Å². The first kappa shape index (κ1) is 13.8. The van der Waals surface area contributed by atoms with Crippen LogP contribution in [-0.2, 0) is 0 Å². The Kier molecular flexibility index (Phi) is 2.88. The monoisotopic (exact) mass is 278 g/mol. The van der Waals surface area contributed by atoms with E-state index in [1.165, 1.54) is 26.0 Å². The predicted octanol–water partition coefficient (Wildman–Crippen LogP) is 4.44. The first-order valence-electron chi connectivity index (χ1n) is 5.51. The van der Waals surface area contributed by atoms with Gasteiger partial charge in [-0.25, -0.2) is 0 Å². The van der Waals surface area contributed by atoms with E-state index in [4.69, 9.17) is 4.74 Å². The summed E-state index contributed by atoms with van der Waals surface area (Å²) < 4.78 is 69.8. The minimum Gasteiger partial charge on any atom is -0.483 e. The fraction of sp³-hybridized carbons (Fsp3) is 0.385. The third-order valence-corrected chi connectivity index (χ3v) is 2.93. The van der Waals surface area contributed by atoms with E-state index in [1.807, 2.05) is 0 Å². The van der Waals surface area contributed by atoms with Crippen LogP contribution in [0.1, 0.15) is 19.4 Å². The first-order valence-corrected chi connectivity index (χ1v) is 5.51. The Hall–Kier alpha value is -1.59. The Morgan fingerprint density at radius 2 is 1.58 bits per heavy atom. The molecule has 1 aromatic rings.